The Morgan fingerprint density at radius 1 is 1.25 bits per heavy atom. The Labute approximate surface area is 98.1 Å². The summed E-state index contributed by atoms with van der Waals surface area (Å²) in [6, 6.07) is 10.8. The van der Waals surface area contributed by atoms with Gasteiger partial charge >= 0.3 is 0 Å². The van der Waals surface area contributed by atoms with Gasteiger partial charge in [0.2, 0.25) is 0 Å². The molecular weight excluding hydrogens is 198 g/mol. The van der Waals surface area contributed by atoms with Crippen molar-refractivity contribution in [3.8, 4) is 0 Å². The van der Waals surface area contributed by atoms with Crippen LogP contribution >= 0.6 is 0 Å². The molecule has 0 amide bonds. The average Bonchev–Trinajstić information content (AvgIpc) is 2.29. The van der Waals surface area contributed by atoms with E-state index in [1.54, 1.807) is 6.92 Å². The molecule has 0 saturated heterocycles. The van der Waals surface area contributed by atoms with Crippen LogP contribution in [-0.2, 0) is 4.79 Å². The van der Waals surface area contributed by atoms with E-state index in [0.717, 1.165) is 19.4 Å². The highest BCUT2D eigenvalue weighted by atomic mass is 16.1. The van der Waals surface area contributed by atoms with E-state index >= 15 is 0 Å². The number of nitrogens with one attached hydrogen (secondary N) is 1. The summed E-state index contributed by atoms with van der Waals surface area (Å²) >= 11 is 0. The number of carbonyl (C=O) groups excluding carboxylic acids is 1. The predicted molar refractivity (Wildman–Crippen MR) is 67.4 cm³/mol. The highest BCUT2D eigenvalue weighted by Gasteiger charge is 2.02. The minimum absolute atomic E-state index is 0.288. The normalized spacial score (nSPS) is 12.4. The van der Waals surface area contributed by atoms with Crippen LogP contribution in [-0.4, -0.2) is 12.3 Å². The van der Waals surface area contributed by atoms with Gasteiger partial charge in [-0.25, -0.2) is 0 Å². The van der Waals surface area contributed by atoms with Gasteiger partial charge in [-0.15, -0.1) is 0 Å². The molecular formula is C14H21NO. The van der Waals surface area contributed by atoms with Crippen LogP contribution in [0.4, 0.5) is 0 Å². The lowest BCUT2D eigenvalue weighted by Gasteiger charge is -2.13. The topological polar surface area (TPSA) is 29.1 Å². The minimum atomic E-state index is 0.288. The lowest BCUT2D eigenvalue weighted by molar-refractivity contribution is -0.117. The fourth-order valence-electron chi connectivity index (χ4n) is 1.68. The van der Waals surface area contributed by atoms with Crippen molar-refractivity contribution in [3.63, 3.8) is 0 Å². The molecule has 0 bridgehead atoms. The zero-order valence-corrected chi connectivity index (χ0v) is 10.2. The molecule has 88 valence electrons. The molecule has 2 heteroatoms. The van der Waals surface area contributed by atoms with Crippen LogP contribution in [0.25, 0.3) is 0 Å². The third-order valence-electron chi connectivity index (χ3n) is 2.71. The van der Waals surface area contributed by atoms with Gasteiger partial charge in [0.05, 0.1) is 0 Å². The van der Waals surface area contributed by atoms with Crippen LogP contribution in [0.3, 0.4) is 0 Å². The summed E-state index contributed by atoms with van der Waals surface area (Å²) < 4.78 is 0. The smallest absolute Gasteiger partial charge is 0.129 e. The third-order valence-corrected chi connectivity index (χ3v) is 2.71. The summed E-state index contributed by atoms with van der Waals surface area (Å²) in [4.78, 5) is 10.7. The first-order valence-electron chi connectivity index (χ1n) is 5.98. The summed E-state index contributed by atoms with van der Waals surface area (Å²) in [5.41, 5.74) is 1.31. The van der Waals surface area contributed by atoms with Gasteiger partial charge in [-0.2, -0.15) is 0 Å². The Hall–Kier alpha value is -1.15. The first kappa shape index (κ1) is 12.9. The van der Waals surface area contributed by atoms with Gasteiger partial charge in [-0.05, 0) is 38.8 Å². The van der Waals surface area contributed by atoms with Crippen LogP contribution < -0.4 is 5.32 Å². The van der Waals surface area contributed by atoms with Crippen molar-refractivity contribution in [2.45, 2.75) is 39.2 Å². The first-order valence-corrected chi connectivity index (χ1v) is 5.98. The Morgan fingerprint density at radius 3 is 2.56 bits per heavy atom. The summed E-state index contributed by atoms with van der Waals surface area (Å²) in [6.07, 6.45) is 2.77. The molecule has 0 fully saturated rings. The van der Waals surface area contributed by atoms with Gasteiger partial charge < -0.3 is 10.1 Å². The Morgan fingerprint density at radius 2 is 1.94 bits per heavy atom. The monoisotopic (exact) mass is 219 g/mol. The molecule has 2 nitrogen and oxygen atoms in total. The molecule has 1 N–H and O–H groups in total. The molecule has 1 aromatic carbocycles. The highest BCUT2D eigenvalue weighted by molar-refractivity contribution is 5.75. The lowest BCUT2D eigenvalue weighted by atomic mass is 10.1. The number of benzene rings is 1. The van der Waals surface area contributed by atoms with E-state index in [1.807, 2.05) is 6.07 Å². The van der Waals surface area contributed by atoms with Crippen LogP contribution in [0.2, 0.25) is 0 Å². The van der Waals surface area contributed by atoms with E-state index in [9.17, 15) is 4.79 Å². The number of hydrogen-bond acceptors (Lipinski definition) is 2. The summed E-state index contributed by atoms with van der Waals surface area (Å²) in [7, 11) is 0. The molecule has 1 aromatic rings. The van der Waals surface area contributed by atoms with E-state index in [4.69, 9.17) is 0 Å². The van der Waals surface area contributed by atoms with Crippen molar-refractivity contribution in [2.75, 3.05) is 6.54 Å². The fraction of sp³-hybridized carbons (Fsp3) is 0.500. The average molecular weight is 219 g/mol. The SMILES string of the molecule is CC(=O)CCCCN[C@@H](C)c1ccccc1. The quantitative estimate of drug-likeness (QED) is 0.714. The van der Waals surface area contributed by atoms with Gasteiger partial charge in [0.25, 0.3) is 0 Å². The highest BCUT2D eigenvalue weighted by Crippen LogP contribution is 2.10. The predicted octanol–water partition coefficient (Wildman–Crippen LogP) is 3.10. The number of ketones is 1. The molecule has 0 aromatic heterocycles. The maximum Gasteiger partial charge on any atom is 0.129 e. The van der Waals surface area contributed by atoms with Gasteiger partial charge in [0, 0.05) is 12.5 Å². The molecule has 1 rings (SSSR count). The minimum Gasteiger partial charge on any atom is -0.310 e. The van der Waals surface area contributed by atoms with Crippen LogP contribution in [0.15, 0.2) is 30.3 Å². The van der Waals surface area contributed by atoms with E-state index < -0.39 is 0 Å². The largest absolute Gasteiger partial charge is 0.310 e. The Kier molecular flexibility index (Phi) is 5.79. The zero-order chi connectivity index (χ0) is 11.8. The van der Waals surface area contributed by atoms with E-state index in [1.165, 1.54) is 5.56 Å². The molecule has 0 heterocycles. The van der Waals surface area contributed by atoms with Crippen molar-refractivity contribution < 1.29 is 4.79 Å². The van der Waals surface area contributed by atoms with Crippen LogP contribution in [0.5, 0.6) is 0 Å². The molecule has 0 aliphatic rings. The molecule has 0 unspecified atom stereocenters. The van der Waals surface area contributed by atoms with Crippen molar-refractivity contribution in [2.24, 2.45) is 0 Å². The zero-order valence-electron chi connectivity index (χ0n) is 10.2. The maximum absolute atomic E-state index is 10.7. The first-order chi connectivity index (χ1) is 7.70. The van der Waals surface area contributed by atoms with Crippen molar-refractivity contribution in [1.29, 1.82) is 0 Å². The summed E-state index contributed by atoms with van der Waals surface area (Å²) in [6.45, 7) is 4.80. The number of carbonyl (C=O) groups is 1. The van der Waals surface area contributed by atoms with E-state index in [-0.39, 0.29) is 5.78 Å². The van der Waals surface area contributed by atoms with Crippen molar-refractivity contribution in [3.05, 3.63) is 35.9 Å². The van der Waals surface area contributed by atoms with Crippen LogP contribution in [0.1, 0.15) is 44.7 Å². The Balaban J connectivity index is 2.16. The standard InChI is InChI=1S/C14H21NO/c1-12(16)8-6-7-11-15-13(2)14-9-4-3-5-10-14/h3-5,9-10,13,15H,6-8,11H2,1-2H3/t13-/m0/s1. The molecule has 0 aliphatic carbocycles. The molecule has 1 atom stereocenters. The second-order valence-electron chi connectivity index (χ2n) is 4.25. The van der Waals surface area contributed by atoms with Gasteiger partial charge in [-0.1, -0.05) is 30.3 Å². The summed E-state index contributed by atoms with van der Waals surface area (Å²) in [5.74, 6) is 0.288. The second-order valence-corrected chi connectivity index (χ2v) is 4.25. The van der Waals surface area contributed by atoms with E-state index in [0.29, 0.717) is 12.5 Å². The Bertz CT molecular complexity index is 308. The molecule has 0 spiro atoms. The van der Waals surface area contributed by atoms with E-state index in [2.05, 4.69) is 36.5 Å². The molecule has 0 aliphatic heterocycles. The number of unbranched alkanes of at least 4 members (excludes halogenated alkanes) is 1. The number of Topliss-reactive ketones (excluding diaryl/α,β-unsaturated/α-hetero) is 1. The van der Waals surface area contributed by atoms with Gasteiger partial charge in [0.1, 0.15) is 5.78 Å². The molecule has 0 saturated carbocycles. The fourth-order valence-corrected chi connectivity index (χ4v) is 1.68. The van der Waals surface area contributed by atoms with Crippen LogP contribution in [0, 0.1) is 0 Å². The molecule has 0 radical (unpaired) electrons. The second kappa shape index (κ2) is 7.18. The number of rotatable bonds is 7. The van der Waals surface area contributed by atoms with Crippen molar-refractivity contribution >= 4 is 5.78 Å². The molecule has 16 heavy (non-hydrogen) atoms. The van der Waals surface area contributed by atoms with Crippen molar-refractivity contribution in [1.82, 2.24) is 5.32 Å². The van der Waals surface area contributed by atoms with Gasteiger partial charge in [-0.3, -0.25) is 0 Å². The summed E-state index contributed by atoms with van der Waals surface area (Å²) in [5, 5.41) is 3.46. The lowest BCUT2D eigenvalue weighted by Crippen LogP contribution is -2.19. The maximum atomic E-state index is 10.7. The van der Waals surface area contributed by atoms with Gasteiger partial charge in [0.15, 0.2) is 0 Å². The number of hydrogen-bond donors (Lipinski definition) is 1. The third kappa shape index (κ3) is 5.08.